The summed E-state index contributed by atoms with van der Waals surface area (Å²) in [4.78, 5) is 30.5. The molecule has 3 rings (SSSR count). The molecule has 0 bridgehead atoms. The molecule has 1 aromatic heterocycles. The molecule has 3 aromatic rings. The number of benzene rings is 2. The fourth-order valence-corrected chi connectivity index (χ4v) is 3.67. The van der Waals surface area contributed by atoms with E-state index in [2.05, 4.69) is 10.1 Å². The number of hydrogen-bond acceptors (Lipinski definition) is 7. The van der Waals surface area contributed by atoms with Crippen LogP contribution in [0.2, 0.25) is 0 Å². The zero-order valence-electron chi connectivity index (χ0n) is 20.2. The van der Waals surface area contributed by atoms with E-state index in [0.717, 1.165) is 12.1 Å². The van der Waals surface area contributed by atoms with Gasteiger partial charge in [-0.1, -0.05) is 13.3 Å². The van der Waals surface area contributed by atoms with Gasteiger partial charge >= 0.3 is 5.97 Å². The molecule has 0 amide bonds. The van der Waals surface area contributed by atoms with E-state index in [1.807, 2.05) is 6.92 Å². The van der Waals surface area contributed by atoms with Crippen LogP contribution in [0.25, 0.3) is 5.69 Å². The fraction of sp³-hybridized carbons (Fsp3) is 0.320. The maximum atomic E-state index is 13.4. The Morgan fingerprint density at radius 1 is 1.00 bits per heavy atom. The molecule has 34 heavy (non-hydrogen) atoms. The number of aliphatic imine (C=N–C) groups is 1. The standard InChI is InChI=1S/C25H29N3O6/c1-7-8-19-23(24(29)28(27-19)16-9-11-17(31-3)12-10-16)15(2)26-20-14-22(33-5)21(32-4)13-18(20)25(30)34-6/h9-14,27H,7-8H2,1-6H3. The van der Waals surface area contributed by atoms with Gasteiger partial charge in [0.1, 0.15) is 5.75 Å². The van der Waals surface area contributed by atoms with E-state index < -0.39 is 5.97 Å². The van der Waals surface area contributed by atoms with E-state index in [4.69, 9.17) is 18.9 Å². The van der Waals surface area contributed by atoms with Crippen molar-refractivity contribution in [3.8, 4) is 22.9 Å². The molecular formula is C25H29N3O6. The lowest BCUT2D eigenvalue weighted by Crippen LogP contribution is -2.19. The molecule has 1 N–H and O–H groups in total. The zero-order valence-corrected chi connectivity index (χ0v) is 20.2. The minimum atomic E-state index is -0.578. The van der Waals surface area contributed by atoms with Crippen molar-refractivity contribution in [3.63, 3.8) is 0 Å². The number of ether oxygens (including phenoxy) is 4. The van der Waals surface area contributed by atoms with Gasteiger partial charge in [0.05, 0.1) is 56.7 Å². The van der Waals surface area contributed by atoms with Crippen molar-refractivity contribution in [2.75, 3.05) is 28.4 Å². The van der Waals surface area contributed by atoms with Crippen LogP contribution in [0, 0.1) is 0 Å². The molecule has 0 aliphatic rings. The summed E-state index contributed by atoms with van der Waals surface area (Å²) in [5.41, 5.74) is 2.59. The van der Waals surface area contributed by atoms with Crippen molar-refractivity contribution in [3.05, 3.63) is 63.6 Å². The van der Waals surface area contributed by atoms with Gasteiger partial charge in [-0.15, -0.1) is 0 Å². The normalized spacial score (nSPS) is 11.3. The molecule has 2 aromatic carbocycles. The maximum Gasteiger partial charge on any atom is 0.340 e. The second-order valence-electron chi connectivity index (χ2n) is 7.47. The summed E-state index contributed by atoms with van der Waals surface area (Å²) in [6.45, 7) is 3.77. The monoisotopic (exact) mass is 467 g/mol. The number of methoxy groups -OCH3 is 4. The highest BCUT2D eigenvalue weighted by Gasteiger charge is 2.21. The van der Waals surface area contributed by atoms with E-state index in [1.165, 1.54) is 32.1 Å². The number of rotatable bonds is 9. The van der Waals surface area contributed by atoms with Gasteiger partial charge in [0, 0.05) is 17.8 Å². The Balaban J connectivity index is 2.18. The Hall–Kier alpha value is -4.01. The van der Waals surface area contributed by atoms with Crippen molar-refractivity contribution in [1.82, 2.24) is 9.78 Å². The summed E-state index contributed by atoms with van der Waals surface area (Å²) >= 11 is 0. The molecule has 0 aliphatic carbocycles. The average molecular weight is 468 g/mol. The molecule has 180 valence electrons. The van der Waals surface area contributed by atoms with Gasteiger partial charge in [0.25, 0.3) is 5.56 Å². The van der Waals surface area contributed by atoms with Crippen LogP contribution in [0.15, 0.2) is 46.2 Å². The first kappa shape index (κ1) is 24.6. The minimum Gasteiger partial charge on any atom is -0.497 e. The molecule has 0 aliphatic heterocycles. The number of aromatic nitrogens is 2. The third-order valence-electron chi connectivity index (χ3n) is 5.35. The minimum absolute atomic E-state index is 0.197. The van der Waals surface area contributed by atoms with Crippen LogP contribution in [0.5, 0.6) is 17.2 Å². The summed E-state index contributed by atoms with van der Waals surface area (Å²) in [7, 11) is 5.85. The number of nitrogens with one attached hydrogen (secondary N) is 1. The predicted octanol–water partition coefficient (Wildman–Crippen LogP) is 4.07. The van der Waals surface area contributed by atoms with Gasteiger partial charge < -0.3 is 18.9 Å². The predicted molar refractivity (Wildman–Crippen MR) is 130 cm³/mol. The zero-order chi connectivity index (χ0) is 24.8. The SMILES string of the molecule is CCCc1[nH]n(-c2ccc(OC)cc2)c(=O)c1C(C)=Nc1cc(OC)c(OC)cc1C(=O)OC. The summed E-state index contributed by atoms with van der Waals surface area (Å²) in [5.74, 6) is 0.889. The van der Waals surface area contributed by atoms with E-state index in [-0.39, 0.29) is 11.1 Å². The highest BCUT2D eigenvalue weighted by molar-refractivity contribution is 6.03. The topological polar surface area (TPSA) is 104 Å². The van der Waals surface area contributed by atoms with Gasteiger partial charge in [-0.05, 0) is 37.6 Å². The number of H-pyrrole nitrogens is 1. The summed E-state index contributed by atoms with van der Waals surface area (Å²) in [6.07, 6.45) is 1.48. The lowest BCUT2D eigenvalue weighted by molar-refractivity contribution is 0.0601. The maximum absolute atomic E-state index is 13.4. The van der Waals surface area contributed by atoms with Crippen LogP contribution < -0.4 is 19.8 Å². The summed E-state index contributed by atoms with van der Waals surface area (Å²) in [6, 6.07) is 10.3. The van der Waals surface area contributed by atoms with Crippen LogP contribution in [0.3, 0.4) is 0 Å². The molecule has 0 unspecified atom stereocenters. The molecule has 0 atom stereocenters. The largest absolute Gasteiger partial charge is 0.497 e. The number of carbonyl (C=O) groups is 1. The summed E-state index contributed by atoms with van der Waals surface area (Å²) in [5, 5.41) is 3.21. The number of esters is 1. The van der Waals surface area contributed by atoms with Gasteiger partial charge in [0.2, 0.25) is 0 Å². The van der Waals surface area contributed by atoms with Gasteiger partial charge in [-0.2, -0.15) is 0 Å². The lowest BCUT2D eigenvalue weighted by atomic mass is 10.1. The second kappa shape index (κ2) is 10.7. The Morgan fingerprint density at radius 2 is 1.65 bits per heavy atom. The summed E-state index contributed by atoms with van der Waals surface area (Å²) < 4.78 is 22.3. The molecule has 0 spiro atoms. The first-order valence-electron chi connectivity index (χ1n) is 10.8. The van der Waals surface area contributed by atoms with Crippen molar-refractivity contribution in [1.29, 1.82) is 0 Å². The number of nitrogens with zero attached hydrogens (tertiary/aromatic N) is 2. The first-order valence-corrected chi connectivity index (χ1v) is 10.8. The molecule has 0 radical (unpaired) electrons. The van der Waals surface area contributed by atoms with E-state index in [1.54, 1.807) is 44.4 Å². The van der Waals surface area contributed by atoms with Crippen LogP contribution in [0.1, 0.15) is 41.9 Å². The van der Waals surface area contributed by atoms with E-state index in [0.29, 0.717) is 46.3 Å². The average Bonchev–Trinajstić information content (AvgIpc) is 3.19. The van der Waals surface area contributed by atoms with Crippen molar-refractivity contribution >= 4 is 17.4 Å². The van der Waals surface area contributed by atoms with Crippen molar-refractivity contribution < 1.29 is 23.7 Å². The third-order valence-corrected chi connectivity index (χ3v) is 5.35. The van der Waals surface area contributed by atoms with Crippen LogP contribution in [0.4, 0.5) is 5.69 Å². The Kier molecular flexibility index (Phi) is 7.78. The van der Waals surface area contributed by atoms with Gasteiger partial charge in [0.15, 0.2) is 11.5 Å². The smallest absolute Gasteiger partial charge is 0.340 e. The van der Waals surface area contributed by atoms with Gasteiger partial charge in [-0.3, -0.25) is 14.9 Å². The number of aryl methyl sites for hydroxylation is 1. The highest BCUT2D eigenvalue weighted by Crippen LogP contribution is 2.35. The molecule has 1 heterocycles. The number of hydrogen-bond donors (Lipinski definition) is 1. The van der Waals surface area contributed by atoms with Crippen molar-refractivity contribution in [2.24, 2.45) is 4.99 Å². The Morgan fingerprint density at radius 3 is 2.21 bits per heavy atom. The van der Waals surface area contributed by atoms with Crippen LogP contribution in [-0.2, 0) is 11.2 Å². The van der Waals surface area contributed by atoms with Gasteiger partial charge in [-0.25, -0.2) is 9.48 Å². The van der Waals surface area contributed by atoms with Crippen molar-refractivity contribution in [2.45, 2.75) is 26.7 Å². The van der Waals surface area contributed by atoms with E-state index in [9.17, 15) is 9.59 Å². The Bertz CT molecular complexity index is 1250. The number of carbonyl (C=O) groups excluding carboxylic acids is 1. The first-order chi connectivity index (χ1) is 16.4. The number of aromatic amines is 1. The second-order valence-corrected chi connectivity index (χ2v) is 7.47. The van der Waals surface area contributed by atoms with Crippen LogP contribution >= 0.6 is 0 Å². The van der Waals surface area contributed by atoms with Crippen LogP contribution in [-0.4, -0.2) is 49.9 Å². The van der Waals surface area contributed by atoms with E-state index >= 15 is 0 Å². The molecule has 0 fully saturated rings. The lowest BCUT2D eigenvalue weighted by Gasteiger charge is -2.12. The fourth-order valence-electron chi connectivity index (χ4n) is 3.67. The highest BCUT2D eigenvalue weighted by atomic mass is 16.5. The Labute approximate surface area is 197 Å². The molecule has 0 saturated carbocycles. The molecular weight excluding hydrogens is 438 g/mol. The molecule has 9 heteroatoms. The third kappa shape index (κ3) is 4.83. The molecule has 9 nitrogen and oxygen atoms in total. The molecule has 0 saturated heterocycles. The quantitative estimate of drug-likeness (QED) is 0.376.